The van der Waals surface area contributed by atoms with Crippen LogP contribution in [0.15, 0.2) is 41.5 Å². The molecule has 9 nitrogen and oxygen atoms in total. The number of carbonyl (C=O) groups excluding carboxylic acids is 1. The number of benzene rings is 1. The molecule has 0 bridgehead atoms. The Bertz CT molecular complexity index is 1270. The van der Waals surface area contributed by atoms with E-state index < -0.39 is 11.7 Å². The third-order valence-electron chi connectivity index (χ3n) is 5.37. The van der Waals surface area contributed by atoms with Crippen molar-refractivity contribution in [2.75, 3.05) is 11.4 Å². The van der Waals surface area contributed by atoms with Crippen LogP contribution in [-0.2, 0) is 4.74 Å². The number of hydrogen-bond donors (Lipinski definition) is 2. The molecule has 1 aliphatic heterocycles. The van der Waals surface area contributed by atoms with Crippen molar-refractivity contribution in [3.05, 3.63) is 52.6 Å². The smallest absolute Gasteiger partial charge is 0.407 e. The minimum Gasteiger partial charge on any atom is -0.444 e. The quantitative estimate of drug-likeness (QED) is 0.286. The molecule has 1 aliphatic rings. The van der Waals surface area contributed by atoms with E-state index in [1.807, 2.05) is 51.1 Å². The van der Waals surface area contributed by atoms with Gasteiger partial charge in [0.15, 0.2) is 0 Å². The van der Waals surface area contributed by atoms with Gasteiger partial charge >= 0.3 is 6.09 Å². The number of aromatic nitrogens is 3. The minimum atomic E-state index is -0.598. The highest BCUT2D eigenvalue weighted by atomic mass is 127. The first kappa shape index (κ1) is 23.1. The number of halogens is 1. The van der Waals surface area contributed by atoms with Gasteiger partial charge in [0.25, 0.3) is 5.56 Å². The number of rotatable bonds is 3. The summed E-state index contributed by atoms with van der Waals surface area (Å²) in [7, 11) is 0. The average molecular weight is 560 g/mol. The molecule has 0 aliphatic carbocycles. The predicted molar refractivity (Wildman–Crippen MR) is 134 cm³/mol. The molecule has 10 heteroatoms. The van der Waals surface area contributed by atoms with Gasteiger partial charge in [0, 0.05) is 12.2 Å². The fourth-order valence-electron chi connectivity index (χ4n) is 4.09. The molecule has 1 saturated heterocycles. The molecule has 3 aromatic rings. The molecule has 2 unspecified atom stereocenters. The zero-order chi connectivity index (χ0) is 23.8. The second-order valence-electron chi connectivity index (χ2n) is 8.87. The van der Waals surface area contributed by atoms with Gasteiger partial charge in [0.05, 0.1) is 12.4 Å². The van der Waals surface area contributed by atoms with Gasteiger partial charge in [-0.1, -0.05) is 40.8 Å². The number of H-pyrrole nitrogens is 1. The van der Waals surface area contributed by atoms with Gasteiger partial charge in [0.2, 0.25) is 0 Å². The number of amides is 1. The van der Waals surface area contributed by atoms with Crippen molar-refractivity contribution in [2.24, 2.45) is 0 Å². The fourth-order valence-corrected chi connectivity index (χ4v) is 5.17. The lowest BCUT2D eigenvalue weighted by Gasteiger charge is -2.40. The predicted octanol–water partition coefficient (Wildman–Crippen LogP) is 3.84. The molecule has 0 saturated carbocycles. The lowest BCUT2D eigenvalue weighted by atomic mass is 10.1. The molecule has 1 fully saturated rings. The van der Waals surface area contributed by atoms with Gasteiger partial charge in [-0.2, -0.15) is 5.26 Å². The van der Waals surface area contributed by atoms with Gasteiger partial charge in [-0.15, -0.1) is 0 Å². The normalized spacial score (nSPS) is 18.7. The average Bonchev–Trinajstić information content (AvgIpc) is 3.10. The molecule has 1 aromatic carbocycles. The van der Waals surface area contributed by atoms with Crippen LogP contribution < -0.4 is 15.8 Å². The molecule has 4 rings (SSSR count). The van der Waals surface area contributed by atoms with Crippen LogP contribution in [-0.4, -0.2) is 42.9 Å². The van der Waals surface area contributed by atoms with Crippen LogP contribution in [0.1, 0.15) is 39.2 Å². The standard InChI is InChI=1S/C23H25IN6O3/c1-23(2,3)33-22(32)28-16-10-7-11-29(19(16)24)21-15(12-25)17-18(20(31)27-13-26-17)30(21)14-8-5-4-6-9-14/h4-6,8-9,13,16,19H,7,10-11H2,1-3H3,(H,28,32)(H,26,27,31). The summed E-state index contributed by atoms with van der Waals surface area (Å²) in [4.78, 5) is 34.3. The van der Waals surface area contributed by atoms with E-state index in [-0.39, 0.29) is 15.6 Å². The van der Waals surface area contributed by atoms with Crippen molar-refractivity contribution in [1.82, 2.24) is 19.9 Å². The number of anilines is 1. The maximum absolute atomic E-state index is 12.8. The van der Waals surface area contributed by atoms with Crippen LogP contribution in [0.25, 0.3) is 16.7 Å². The van der Waals surface area contributed by atoms with E-state index in [1.54, 1.807) is 4.57 Å². The van der Waals surface area contributed by atoms with E-state index in [0.717, 1.165) is 18.5 Å². The van der Waals surface area contributed by atoms with Crippen LogP contribution in [0.2, 0.25) is 0 Å². The number of nitrogens with zero attached hydrogens (tertiary/aromatic N) is 4. The summed E-state index contributed by atoms with van der Waals surface area (Å²) in [5.74, 6) is 0.595. The molecule has 33 heavy (non-hydrogen) atoms. The number of alkyl halides is 1. The van der Waals surface area contributed by atoms with Gasteiger partial charge in [-0.25, -0.2) is 9.78 Å². The van der Waals surface area contributed by atoms with Gasteiger partial charge in [0.1, 0.15) is 38.1 Å². The van der Waals surface area contributed by atoms with Gasteiger partial charge in [-0.05, 0) is 45.7 Å². The Balaban J connectivity index is 1.82. The number of alkyl carbamates (subject to hydrolysis) is 1. The maximum Gasteiger partial charge on any atom is 0.407 e. The molecular formula is C23H25IN6O3. The molecule has 3 heterocycles. The van der Waals surface area contributed by atoms with Crippen LogP contribution in [0.3, 0.4) is 0 Å². The summed E-state index contributed by atoms with van der Waals surface area (Å²) >= 11 is 2.28. The van der Waals surface area contributed by atoms with Gasteiger partial charge < -0.3 is 19.9 Å². The second-order valence-corrected chi connectivity index (χ2v) is 10.1. The van der Waals surface area contributed by atoms with Crippen molar-refractivity contribution in [3.8, 4) is 11.8 Å². The highest BCUT2D eigenvalue weighted by Gasteiger charge is 2.36. The first-order valence-corrected chi connectivity index (χ1v) is 11.9. The Morgan fingerprint density at radius 2 is 2.06 bits per heavy atom. The van der Waals surface area contributed by atoms with Crippen molar-refractivity contribution >= 4 is 45.5 Å². The zero-order valence-electron chi connectivity index (χ0n) is 18.6. The summed E-state index contributed by atoms with van der Waals surface area (Å²) < 4.78 is 7.06. The summed E-state index contributed by atoms with van der Waals surface area (Å²) in [6, 6.07) is 11.5. The molecule has 2 aromatic heterocycles. The van der Waals surface area contributed by atoms with Gasteiger partial charge in [-0.3, -0.25) is 9.36 Å². The second kappa shape index (κ2) is 9.05. The largest absolute Gasteiger partial charge is 0.444 e. The third-order valence-corrected chi connectivity index (χ3v) is 6.91. The maximum atomic E-state index is 12.8. The number of nitriles is 1. The first-order valence-electron chi connectivity index (χ1n) is 10.7. The van der Waals surface area contributed by atoms with E-state index in [1.165, 1.54) is 6.33 Å². The van der Waals surface area contributed by atoms with Crippen LogP contribution in [0.4, 0.5) is 10.6 Å². The van der Waals surface area contributed by atoms with Crippen LogP contribution >= 0.6 is 22.6 Å². The van der Waals surface area contributed by atoms with E-state index in [2.05, 4.69) is 48.8 Å². The lowest BCUT2D eigenvalue weighted by Crippen LogP contribution is -2.54. The monoisotopic (exact) mass is 560 g/mol. The highest BCUT2D eigenvalue weighted by molar-refractivity contribution is 14.1. The number of carbonyl (C=O) groups is 1. The van der Waals surface area contributed by atoms with Crippen LogP contribution in [0.5, 0.6) is 0 Å². The summed E-state index contributed by atoms with van der Waals surface area (Å²) in [6.45, 7) is 6.13. The number of aromatic amines is 1. The van der Waals surface area contributed by atoms with E-state index in [4.69, 9.17) is 4.74 Å². The summed E-state index contributed by atoms with van der Waals surface area (Å²) in [6.07, 6.45) is 2.41. The molecular weight excluding hydrogens is 535 g/mol. The van der Waals surface area contributed by atoms with Crippen LogP contribution in [0, 0.1) is 11.3 Å². The molecule has 2 atom stereocenters. The number of hydrogen-bond acceptors (Lipinski definition) is 6. The number of para-hydroxylation sites is 1. The Morgan fingerprint density at radius 3 is 2.73 bits per heavy atom. The van der Waals surface area contributed by atoms with Crippen molar-refractivity contribution in [3.63, 3.8) is 0 Å². The Kier molecular flexibility index (Phi) is 6.34. The van der Waals surface area contributed by atoms with Crippen molar-refractivity contribution in [2.45, 2.75) is 49.3 Å². The number of piperidine rings is 1. The van der Waals surface area contributed by atoms with E-state index in [0.29, 0.717) is 29.0 Å². The molecule has 172 valence electrons. The number of nitrogens with one attached hydrogen (secondary N) is 2. The number of fused-ring (bicyclic) bond motifs is 1. The highest BCUT2D eigenvalue weighted by Crippen LogP contribution is 2.37. The van der Waals surface area contributed by atoms with E-state index >= 15 is 0 Å². The Morgan fingerprint density at radius 1 is 1.33 bits per heavy atom. The topological polar surface area (TPSA) is 116 Å². The van der Waals surface area contributed by atoms with E-state index in [9.17, 15) is 14.9 Å². The number of ether oxygens (including phenoxy) is 1. The molecule has 2 N–H and O–H groups in total. The Labute approximate surface area is 204 Å². The minimum absolute atomic E-state index is 0.179. The molecule has 0 spiro atoms. The molecule has 0 radical (unpaired) electrons. The SMILES string of the molecule is CC(C)(C)OC(=O)NC1CCCN(c2c(C#N)c3nc[nH]c(=O)c3n2-c2ccccc2)C1I. The third kappa shape index (κ3) is 4.55. The fraction of sp³-hybridized carbons (Fsp3) is 0.391. The van der Waals surface area contributed by atoms with Crippen molar-refractivity contribution < 1.29 is 9.53 Å². The zero-order valence-corrected chi connectivity index (χ0v) is 20.8. The van der Waals surface area contributed by atoms with Crippen molar-refractivity contribution in [1.29, 1.82) is 5.26 Å². The lowest BCUT2D eigenvalue weighted by molar-refractivity contribution is 0.0498. The first-order chi connectivity index (χ1) is 15.7. The Hall–Kier alpha value is -3.07. The summed E-state index contributed by atoms with van der Waals surface area (Å²) in [5.41, 5.74) is 0.839. The summed E-state index contributed by atoms with van der Waals surface area (Å²) in [5, 5.41) is 13.1. The molecule has 1 amide bonds.